The lowest BCUT2D eigenvalue weighted by Gasteiger charge is -2.35. The highest BCUT2D eigenvalue weighted by Crippen LogP contribution is 2.36. The number of carbonyl (C=O) groups is 1. The highest BCUT2D eigenvalue weighted by molar-refractivity contribution is 6.70. The zero-order valence-corrected chi connectivity index (χ0v) is 19.3. The fraction of sp³-hybridized carbons (Fsp3) is 0.375. The van der Waals surface area contributed by atoms with E-state index in [-0.39, 0.29) is 23.9 Å². The minimum Gasteiger partial charge on any atom is -0.406 e. The number of nitrogens with one attached hydrogen (secondary N) is 2. The van der Waals surface area contributed by atoms with E-state index in [1.807, 2.05) is 44.7 Å². The lowest BCUT2D eigenvalue weighted by molar-refractivity contribution is -0.274. The predicted molar refractivity (Wildman–Crippen MR) is 125 cm³/mol. The first-order valence-electron chi connectivity index (χ1n) is 11.0. The fourth-order valence-electron chi connectivity index (χ4n) is 3.96. The molecule has 2 aliphatic heterocycles. The predicted octanol–water partition coefficient (Wildman–Crippen LogP) is 4.32. The molecule has 34 heavy (non-hydrogen) atoms. The van der Waals surface area contributed by atoms with E-state index < -0.39 is 6.36 Å². The molecule has 180 valence electrons. The Morgan fingerprint density at radius 1 is 1.18 bits per heavy atom. The Labute approximate surface area is 195 Å². The Morgan fingerprint density at radius 2 is 1.85 bits per heavy atom. The highest BCUT2D eigenvalue weighted by Gasteiger charge is 2.35. The summed E-state index contributed by atoms with van der Waals surface area (Å²) >= 11 is 0. The van der Waals surface area contributed by atoms with E-state index in [0.717, 1.165) is 28.1 Å². The first-order chi connectivity index (χ1) is 16.0. The molecule has 4 rings (SSSR count). The Bertz CT molecular complexity index is 1160. The van der Waals surface area contributed by atoms with Crippen molar-refractivity contribution >= 4 is 28.8 Å². The number of hydrogen-bond donors (Lipinski definition) is 2. The van der Waals surface area contributed by atoms with Gasteiger partial charge in [-0.05, 0) is 68.7 Å². The largest absolute Gasteiger partial charge is 0.573 e. The molecule has 2 unspecified atom stereocenters. The molecule has 0 spiro atoms. The summed E-state index contributed by atoms with van der Waals surface area (Å²) in [6.07, 6.45) is -5.08. The van der Waals surface area contributed by atoms with Crippen LogP contribution in [-0.4, -0.2) is 43.1 Å². The first kappa shape index (κ1) is 23.7. The van der Waals surface area contributed by atoms with E-state index in [0.29, 0.717) is 24.6 Å². The van der Waals surface area contributed by atoms with Gasteiger partial charge < -0.3 is 20.3 Å². The van der Waals surface area contributed by atoms with Crippen LogP contribution in [0, 0.1) is 13.8 Å². The van der Waals surface area contributed by atoms with Gasteiger partial charge in [-0.1, -0.05) is 12.1 Å². The van der Waals surface area contributed by atoms with E-state index in [1.165, 1.54) is 12.1 Å². The molecule has 2 aromatic carbocycles. The van der Waals surface area contributed by atoms with Gasteiger partial charge in [0.1, 0.15) is 11.9 Å². The third-order valence-corrected chi connectivity index (χ3v) is 5.85. The van der Waals surface area contributed by atoms with E-state index in [1.54, 1.807) is 12.1 Å². The highest BCUT2D eigenvalue weighted by atomic mass is 19.4. The number of alkyl halides is 3. The van der Waals surface area contributed by atoms with E-state index in [2.05, 4.69) is 25.4 Å². The molecular weight excluding hydrogens is 447 g/mol. The SMILES string of the molecule is Cc1cc2c(cc1C)N(CCNC(C)c1ccc(OC(F)(F)F)cc1)C1=NC(C)NC(=O)C1=N2. The van der Waals surface area contributed by atoms with Gasteiger partial charge in [0.2, 0.25) is 0 Å². The molecule has 0 saturated heterocycles. The van der Waals surface area contributed by atoms with Crippen LogP contribution >= 0.6 is 0 Å². The number of ether oxygens (including phenoxy) is 1. The molecule has 0 saturated carbocycles. The summed E-state index contributed by atoms with van der Waals surface area (Å²) in [5.74, 6) is 0.0255. The van der Waals surface area contributed by atoms with Gasteiger partial charge in [0.05, 0.1) is 11.4 Å². The van der Waals surface area contributed by atoms with Gasteiger partial charge in [0, 0.05) is 19.1 Å². The van der Waals surface area contributed by atoms with Gasteiger partial charge in [-0.15, -0.1) is 13.2 Å². The number of amidine groups is 1. The summed E-state index contributed by atoms with van der Waals surface area (Å²) in [5, 5.41) is 6.18. The molecule has 0 fully saturated rings. The molecule has 0 radical (unpaired) electrons. The van der Waals surface area contributed by atoms with Crippen molar-refractivity contribution in [1.29, 1.82) is 0 Å². The molecule has 2 aliphatic rings. The number of aliphatic imine (C=N–C) groups is 2. The van der Waals surface area contributed by atoms with E-state index in [9.17, 15) is 18.0 Å². The van der Waals surface area contributed by atoms with Crippen LogP contribution in [0.5, 0.6) is 5.75 Å². The molecule has 0 aliphatic carbocycles. The number of rotatable bonds is 6. The summed E-state index contributed by atoms with van der Waals surface area (Å²) in [4.78, 5) is 23.8. The molecule has 1 amide bonds. The normalized spacial score (nSPS) is 18.4. The third kappa shape index (κ3) is 5.06. The zero-order chi connectivity index (χ0) is 24.6. The lowest BCUT2D eigenvalue weighted by atomic mass is 10.0. The quantitative estimate of drug-likeness (QED) is 0.655. The molecule has 0 aromatic heterocycles. The van der Waals surface area contributed by atoms with Crippen LogP contribution in [0.25, 0.3) is 0 Å². The summed E-state index contributed by atoms with van der Waals surface area (Å²) < 4.78 is 41.1. The number of fused-ring (bicyclic) bond motifs is 2. The molecule has 0 bridgehead atoms. The summed E-state index contributed by atoms with van der Waals surface area (Å²) in [6.45, 7) is 8.82. The summed E-state index contributed by atoms with van der Waals surface area (Å²) in [7, 11) is 0. The topological polar surface area (TPSA) is 78.3 Å². The van der Waals surface area contributed by atoms with Crippen LogP contribution in [0.2, 0.25) is 0 Å². The van der Waals surface area contributed by atoms with E-state index >= 15 is 0 Å². The Hall–Kier alpha value is -3.40. The molecule has 2 heterocycles. The van der Waals surface area contributed by atoms with Crippen molar-refractivity contribution in [2.75, 3.05) is 18.0 Å². The van der Waals surface area contributed by atoms with Crippen molar-refractivity contribution in [3.8, 4) is 5.75 Å². The first-order valence-corrected chi connectivity index (χ1v) is 11.0. The zero-order valence-electron chi connectivity index (χ0n) is 19.3. The smallest absolute Gasteiger partial charge is 0.406 e. The third-order valence-electron chi connectivity index (χ3n) is 5.85. The molecule has 2 aromatic rings. The average Bonchev–Trinajstić information content (AvgIpc) is 2.74. The number of aryl methyl sites for hydroxylation is 2. The second-order valence-corrected chi connectivity index (χ2v) is 8.43. The van der Waals surface area contributed by atoms with Crippen molar-refractivity contribution in [2.45, 2.75) is 46.3 Å². The van der Waals surface area contributed by atoms with Gasteiger partial charge in [0.15, 0.2) is 11.5 Å². The van der Waals surface area contributed by atoms with Gasteiger partial charge in [-0.2, -0.15) is 0 Å². The van der Waals surface area contributed by atoms with Crippen LogP contribution < -0.4 is 20.3 Å². The number of halogens is 3. The maximum Gasteiger partial charge on any atom is 0.573 e. The molecular formula is C24H26F3N5O2. The Balaban J connectivity index is 1.50. The summed E-state index contributed by atoms with van der Waals surface area (Å²) in [5.41, 5.74) is 4.91. The van der Waals surface area contributed by atoms with Crippen molar-refractivity contribution in [3.63, 3.8) is 0 Å². The molecule has 2 atom stereocenters. The average molecular weight is 473 g/mol. The number of nitrogens with zero attached hydrogens (tertiary/aromatic N) is 3. The van der Waals surface area contributed by atoms with Crippen LogP contribution in [0.15, 0.2) is 46.4 Å². The van der Waals surface area contributed by atoms with Gasteiger partial charge in [-0.25, -0.2) is 9.98 Å². The second kappa shape index (κ2) is 9.09. The van der Waals surface area contributed by atoms with Crippen molar-refractivity contribution in [3.05, 3.63) is 53.1 Å². The number of carbonyl (C=O) groups excluding carboxylic acids is 1. The maximum absolute atomic E-state index is 12.6. The standard InChI is InChI=1S/C24H26F3N5O2/c1-13-11-19-20(12-14(13)2)32(22-21(31-19)23(33)30-16(4)29-22)10-9-28-15(3)17-5-7-18(8-6-17)34-24(25,26)27/h5-8,11-12,15-16,28H,9-10H2,1-4H3,(H,30,33). The van der Waals surface area contributed by atoms with Crippen LogP contribution in [0.4, 0.5) is 24.5 Å². The van der Waals surface area contributed by atoms with Crippen LogP contribution in [-0.2, 0) is 4.79 Å². The van der Waals surface area contributed by atoms with Crippen LogP contribution in [0.1, 0.15) is 36.6 Å². The molecule has 10 heteroatoms. The number of anilines is 1. The van der Waals surface area contributed by atoms with Crippen LogP contribution in [0.3, 0.4) is 0 Å². The second-order valence-electron chi connectivity index (χ2n) is 8.43. The minimum atomic E-state index is -4.72. The minimum absolute atomic E-state index is 0.118. The van der Waals surface area contributed by atoms with Crippen molar-refractivity contribution in [2.24, 2.45) is 9.98 Å². The Morgan fingerprint density at radius 3 is 2.53 bits per heavy atom. The Kier molecular flexibility index (Phi) is 6.35. The lowest BCUT2D eigenvalue weighted by Crippen LogP contribution is -2.54. The maximum atomic E-state index is 12.6. The van der Waals surface area contributed by atoms with Crippen molar-refractivity contribution < 1.29 is 22.7 Å². The van der Waals surface area contributed by atoms with Crippen molar-refractivity contribution in [1.82, 2.24) is 10.6 Å². The fourth-order valence-corrected chi connectivity index (χ4v) is 3.96. The number of amides is 1. The van der Waals surface area contributed by atoms with Gasteiger partial charge in [-0.3, -0.25) is 4.79 Å². The molecule has 2 N–H and O–H groups in total. The summed E-state index contributed by atoms with van der Waals surface area (Å²) in [6, 6.07) is 9.69. The van der Waals surface area contributed by atoms with Gasteiger partial charge >= 0.3 is 6.36 Å². The monoisotopic (exact) mass is 473 g/mol. The number of benzene rings is 2. The number of hydrogen-bond acceptors (Lipinski definition) is 6. The van der Waals surface area contributed by atoms with Gasteiger partial charge in [0.25, 0.3) is 5.91 Å². The molecule has 7 nitrogen and oxygen atoms in total. The van der Waals surface area contributed by atoms with E-state index in [4.69, 9.17) is 0 Å².